The Balaban J connectivity index is 1.87. The summed E-state index contributed by atoms with van der Waals surface area (Å²) in [5, 5.41) is 0.657. The van der Waals surface area contributed by atoms with Crippen molar-refractivity contribution in [1.82, 2.24) is 0 Å². The Labute approximate surface area is 134 Å². The van der Waals surface area contributed by atoms with E-state index in [1.54, 1.807) is 62.4 Å². The summed E-state index contributed by atoms with van der Waals surface area (Å²) in [6.07, 6.45) is -0.147. The Kier molecular flexibility index (Phi) is 5.67. The van der Waals surface area contributed by atoms with Crippen molar-refractivity contribution in [1.29, 1.82) is 0 Å². The predicted molar refractivity (Wildman–Crippen MR) is 84.7 cm³/mol. The van der Waals surface area contributed by atoms with E-state index in [1.165, 1.54) is 0 Å². The summed E-state index contributed by atoms with van der Waals surface area (Å²) in [6, 6.07) is 14.1. The van der Waals surface area contributed by atoms with Gasteiger partial charge in [-0.3, -0.25) is 0 Å². The topological polar surface area (TPSA) is 44.8 Å². The molecule has 2 rings (SSSR count). The molecule has 116 valence electrons. The minimum atomic E-state index is -0.392. The summed E-state index contributed by atoms with van der Waals surface area (Å²) in [7, 11) is 0. The number of rotatable bonds is 6. The maximum Gasteiger partial charge on any atom is 0.344 e. The van der Waals surface area contributed by atoms with Gasteiger partial charge in [-0.1, -0.05) is 11.6 Å². The Morgan fingerprint density at radius 1 is 0.955 bits per heavy atom. The molecule has 2 aromatic carbocycles. The van der Waals surface area contributed by atoms with Crippen LogP contribution in [0.2, 0.25) is 5.02 Å². The van der Waals surface area contributed by atoms with Gasteiger partial charge in [0.2, 0.25) is 0 Å². The van der Waals surface area contributed by atoms with E-state index in [1.807, 2.05) is 0 Å². The molecule has 0 unspecified atom stereocenters. The molecule has 0 amide bonds. The van der Waals surface area contributed by atoms with Crippen molar-refractivity contribution in [3.05, 3.63) is 53.6 Å². The van der Waals surface area contributed by atoms with E-state index in [2.05, 4.69) is 0 Å². The maximum atomic E-state index is 11.4. The van der Waals surface area contributed by atoms with Crippen LogP contribution in [0.15, 0.2) is 48.5 Å². The first-order valence-corrected chi connectivity index (χ1v) is 7.26. The molecule has 0 bridgehead atoms. The third-order valence-corrected chi connectivity index (χ3v) is 2.85. The van der Waals surface area contributed by atoms with E-state index >= 15 is 0 Å². The summed E-state index contributed by atoms with van der Waals surface area (Å²) >= 11 is 5.82. The van der Waals surface area contributed by atoms with Crippen LogP contribution in [0.5, 0.6) is 17.2 Å². The quantitative estimate of drug-likeness (QED) is 0.737. The zero-order valence-electron chi connectivity index (χ0n) is 12.4. The van der Waals surface area contributed by atoms with Gasteiger partial charge in [-0.15, -0.1) is 0 Å². The molecule has 0 aliphatic heterocycles. The molecular weight excluding hydrogens is 304 g/mol. The highest BCUT2D eigenvalue weighted by Crippen LogP contribution is 2.25. The van der Waals surface area contributed by atoms with Gasteiger partial charge in [-0.05, 0) is 62.4 Å². The zero-order chi connectivity index (χ0) is 15.9. The van der Waals surface area contributed by atoms with E-state index in [9.17, 15) is 4.79 Å². The van der Waals surface area contributed by atoms with Gasteiger partial charge in [0.15, 0.2) is 6.61 Å². The maximum absolute atomic E-state index is 11.4. The van der Waals surface area contributed by atoms with Crippen LogP contribution in [0.25, 0.3) is 0 Å². The second-order valence-electron chi connectivity index (χ2n) is 4.85. The van der Waals surface area contributed by atoms with Crippen molar-refractivity contribution in [2.24, 2.45) is 0 Å². The molecule has 2 aromatic rings. The van der Waals surface area contributed by atoms with E-state index < -0.39 is 5.97 Å². The second-order valence-corrected chi connectivity index (χ2v) is 5.29. The lowest BCUT2D eigenvalue weighted by molar-refractivity contribution is -0.149. The number of benzene rings is 2. The number of hydrogen-bond acceptors (Lipinski definition) is 4. The summed E-state index contributed by atoms with van der Waals surface area (Å²) in [5.74, 6) is 1.54. The molecule has 0 saturated heterocycles. The number of hydrogen-bond donors (Lipinski definition) is 0. The molecule has 0 fully saturated rings. The van der Waals surface area contributed by atoms with Crippen LogP contribution in [0, 0.1) is 0 Å². The third kappa shape index (κ3) is 5.30. The van der Waals surface area contributed by atoms with Crippen molar-refractivity contribution in [2.45, 2.75) is 20.0 Å². The van der Waals surface area contributed by atoms with Crippen molar-refractivity contribution in [3.8, 4) is 17.2 Å². The first-order chi connectivity index (χ1) is 10.5. The normalized spacial score (nSPS) is 10.4. The molecular formula is C17H17ClO4. The minimum absolute atomic E-state index is 0.116. The first-order valence-electron chi connectivity index (χ1n) is 6.88. The highest BCUT2D eigenvalue weighted by Gasteiger charge is 2.06. The lowest BCUT2D eigenvalue weighted by Crippen LogP contribution is -2.18. The van der Waals surface area contributed by atoms with E-state index in [-0.39, 0.29) is 12.7 Å². The van der Waals surface area contributed by atoms with Gasteiger partial charge in [-0.2, -0.15) is 0 Å². The van der Waals surface area contributed by atoms with Crippen molar-refractivity contribution in [2.75, 3.05) is 6.61 Å². The average molecular weight is 321 g/mol. The number of halogens is 1. The molecule has 4 nitrogen and oxygen atoms in total. The number of carbonyl (C=O) groups is 1. The van der Waals surface area contributed by atoms with Crippen LogP contribution in [-0.4, -0.2) is 18.7 Å². The monoisotopic (exact) mass is 320 g/mol. The highest BCUT2D eigenvalue weighted by molar-refractivity contribution is 6.30. The molecule has 5 heteroatoms. The Morgan fingerprint density at radius 2 is 1.45 bits per heavy atom. The molecule has 0 aliphatic carbocycles. The molecule has 0 aliphatic rings. The Hall–Kier alpha value is -2.20. The van der Waals surface area contributed by atoms with Gasteiger partial charge in [0, 0.05) is 5.02 Å². The van der Waals surface area contributed by atoms with Crippen LogP contribution in [0.4, 0.5) is 0 Å². The Bertz CT molecular complexity index is 606. The van der Waals surface area contributed by atoms with E-state index in [0.29, 0.717) is 22.3 Å². The highest BCUT2D eigenvalue weighted by atomic mass is 35.5. The van der Waals surface area contributed by atoms with E-state index in [0.717, 1.165) is 0 Å². The van der Waals surface area contributed by atoms with Crippen molar-refractivity contribution in [3.63, 3.8) is 0 Å². The SMILES string of the molecule is CC(C)OC(=O)COc1ccc(Oc2ccc(Cl)cc2)cc1. The van der Waals surface area contributed by atoms with Crippen LogP contribution in [0.1, 0.15) is 13.8 Å². The molecule has 0 aromatic heterocycles. The summed E-state index contributed by atoms with van der Waals surface area (Å²) in [4.78, 5) is 11.4. The van der Waals surface area contributed by atoms with Gasteiger partial charge >= 0.3 is 5.97 Å². The van der Waals surface area contributed by atoms with E-state index in [4.69, 9.17) is 25.8 Å². The second kappa shape index (κ2) is 7.71. The van der Waals surface area contributed by atoms with Crippen LogP contribution in [-0.2, 0) is 9.53 Å². The lowest BCUT2D eigenvalue weighted by Gasteiger charge is -2.10. The molecule has 0 radical (unpaired) electrons. The van der Waals surface area contributed by atoms with Gasteiger partial charge in [0.05, 0.1) is 6.10 Å². The third-order valence-electron chi connectivity index (χ3n) is 2.60. The molecule has 0 N–H and O–H groups in total. The standard InChI is InChI=1S/C17H17ClO4/c1-12(2)21-17(19)11-20-14-7-9-16(10-8-14)22-15-5-3-13(18)4-6-15/h3-10,12H,11H2,1-2H3. The Morgan fingerprint density at radius 3 is 2.00 bits per heavy atom. The fraction of sp³-hybridized carbons (Fsp3) is 0.235. The van der Waals surface area contributed by atoms with Crippen molar-refractivity contribution < 1.29 is 19.0 Å². The molecule has 0 atom stereocenters. The van der Waals surface area contributed by atoms with Gasteiger partial charge in [0.25, 0.3) is 0 Å². The molecule has 0 spiro atoms. The smallest absolute Gasteiger partial charge is 0.344 e. The fourth-order valence-corrected chi connectivity index (χ4v) is 1.81. The average Bonchev–Trinajstić information content (AvgIpc) is 2.48. The minimum Gasteiger partial charge on any atom is -0.482 e. The summed E-state index contributed by atoms with van der Waals surface area (Å²) < 4.78 is 16.0. The molecule has 0 saturated carbocycles. The summed E-state index contributed by atoms with van der Waals surface area (Å²) in [5.41, 5.74) is 0. The van der Waals surface area contributed by atoms with Gasteiger partial charge in [-0.25, -0.2) is 4.79 Å². The zero-order valence-corrected chi connectivity index (χ0v) is 13.2. The lowest BCUT2D eigenvalue weighted by atomic mass is 10.3. The number of carbonyl (C=O) groups excluding carboxylic acids is 1. The number of ether oxygens (including phenoxy) is 3. The van der Waals surface area contributed by atoms with Crippen molar-refractivity contribution >= 4 is 17.6 Å². The number of esters is 1. The van der Waals surface area contributed by atoms with Gasteiger partial charge < -0.3 is 14.2 Å². The summed E-state index contributed by atoms with van der Waals surface area (Å²) in [6.45, 7) is 3.47. The predicted octanol–water partition coefficient (Wildman–Crippen LogP) is 4.46. The van der Waals surface area contributed by atoms with Crippen LogP contribution >= 0.6 is 11.6 Å². The largest absolute Gasteiger partial charge is 0.482 e. The molecule has 22 heavy (non-hydrogen) atoms. The molecule has 0 heterocycles. The van der Waals surface area contributed by atoms with Crippen LogP contribution < -0.4 is 9.47 Å². The van der Waals surface area contributed by atoms with Gasteiger partial charge in [0.1, 0.15) is 17.2 Å². The fourth-order valence-electron chi connectivity index (χ4n) is 1.68. The van der Waals surface area contributed by atoms with Crippen LogP contribution in [0.3, 0.4) is 0 Å². The first kappa shape index (κ1) is 16.2.